The molecule has 0 fully saturated rings. The third-order valence-electron chi connectivity index (χ3n) is 2.71. The fraction of sp³-hybridized carbons (Fsp3) is 0.200. The van der Waals surface area contributed by atoms with Gasteiger partial charge in [0.1, 0.15) is 0 Å². The Hall–Kier alpha value is -1.87. The molecule has 0 unspecified atom stereocenters. The predicted octanol–water partition coefficient (Wildman–Crippen LogP) is 2.87. The molecule has 1 N–H and O–H groups in total. The highest BCUT2D eigenvalue weighted by Gasteiger charge is 2.02. The third kappa shape index (κ3) is 5.10. The minimum Gasteiger partial charge on any atom is -0.352 e. The second kappa shape index (κ2) is 8.27. The van der Waals surface area contributed by atoms with Gasteiger partial charge in [-0.3, -0.25) is 9.78 Å². The van der Waals surface area contributed by atoms with Crippen LogP contribution >= 0.6 is 12.4 Å². The zero-order valence-electron chi connectivity index (χ0n) is 10.6. The van der Waals surface area contributed by atoms with E-state index in [0.717, 1.165) is 12.8 Å². The molecule has 0 aliphatic rings. The van der Waals surface area contributed by atoms with E-state index in [2.05, 4.69) is 22.4 Å². The maximum Gasteiger partial charge on any atom is 0.251 e. The van der Waals surface area contributed by atoms with Gasteiger partial charge in [0.25, 0.3) is 5.91 Å². The molecule has 1 heterocycles. The number of carbonyl (C=O) groups excluding carboxylic acids is 1. The van der Waals surface area contributed by atoms with Crippen molar-refractivity contribution in [1.82, 2.24) is 10.3 Å². The van der Waals surface area contributed by atoms with Crippen LogP contribution in [0.15, 0.2) is 54.9 Å². The highest BCUT2D eigenvalue weighted by molar-refractivity contribution is 5.93. The Labute approximate surface area is 119 Å². The summed E-state index contributed by atoms with van der Waals surface area (Å²) < 4.78 is 0. The van der Waals surface area contributed by atoms with E-state index >= 15 is 0 Å². The normalized spacial score (nSPS) is 9.47. The van der Waals surface area contributed by atoms with Crippen molar-refractivity contribution in [2.24, 2.45) is 0 Å². The Morgan fingerprint density at radius 1 is 1.05 bits per heavy atom. The largest absolute Gasteiger partial charge is 0.352 e. The first-order chi connectivity index (χ1) is 8.86. The molecule has 0 spiro atoms. The number of carbonyl (C=O) groups is 1. The van der Waals surface area contributed by atoms with Gasteiger partial charge < -0.3 is 5.32 Å². The summed E-state index contributed by atoms with van der Waals surface area (Å²) >= 11 is 0. The second-order valence-corrected chi connectivity index (χ2v) is 4.08. The van der Waals surface area contributed by atoms with Gasteiger partial charge in [0.15, 0.2) is 0 Å². The van der Waals surface area contributed by atoms with E-state index in [0.29, 0.717) is 12.1 Å². The number of hydrogen-bond acceptors (Lipinski definition) is 2. The quantitative estimate of drug-likeness (QED) is 0.853. The Balaban J connectivity index is 0.00000180. The van der Waals surface area contributed by atoms with Gasteiger partial charge in [-0.25, -0.2) is 0 Å². The number of amides is 1. The molecule has 2 rings (SSSR count). The number of benzene rings is 1. The fourth-order valence-corrected chi connectivity index (χ4v) is 1.74. The van der Waals surface area contributed by atoms with Gasteiger partial charge in [0.05, 0.1) is 0 Å². The molecule has 3 nitrogen and oxygen atoms in total. The Kier molecular flexibility index (Phi) is 6.61. The highest BCUT2D eigenvalue weighted by atomic mass is 35.5. The molecule has 100 valence electrons. The molecule has 0 aliphatic carbocycles. The maximum absolute atomic E-state index is 11.7. The predicted molar refractivity (Wildman–Crippen MR) is 78.6 cm³/mol. The van der Waals surface area contributed by atoms with Gasteiger partial charge in [-0.2, -0.15) is 0 Å². The topological polar surface area (TPSA) is 42.0 Å². The van der Waals surface area contributed by atoms with Crippen LogP contribution in [0.1, 0.15) is 22.3 Å². The van der Waals surface area contributed by atoms with Crippen molar-refractivity contribution in [3.63, 3.8) is 0 Å². The zero-order valence-corrected chi connectivity index (χ0v) is 11.4. The average molecular weight is 277 g/mol. The van der Waals surface area contributed by atoms with Gasteiger partial charge in [0.2, 0.25) is 0 Å². The van der Waals surface area contributed by atoms with E-state index in [-0.39, 0.29) is 18.3 Å². The minimum absolute atomic E-state index is 0. The van der Waals surface area contributed by atoms with E-state index < -0.39 is 0 Å². The highest BCUT2D eigenvalue weighted by Crippen LogP contribution is 2.02. The second-order valence-electron chi connectivity index (χ2n) is 4.08. The molecule has 0 radical (unpaired) electrons. The van der Waals surface area contributed by atoms with E-state index in [4.69, 9.17) is 0 Å². The maximum atomic E-state index is 11.7. The van der Waals surface area contributed by atoms with Crippen LogP contribution < -0.4 is 5.32 Å². The van der Waals surface area contributed by atoms with E-state index in [9.17, 15) is 4.79 Å². The summed E-state index contributed by atoms with van der Waals surface area (Å²) in [6, 6.07) is 13.7. The number of aromatic nitrogens is 1. The van der Waals surface area contributed by atoms with Gasteiger partial charge in [-0.15, -0.1) is 12.4 Å². The van der Waals surface area contributed by atoms with E-state index in [1.165, 1.54) is 5.56 Å². The van der Waals surface area contributed by atoms with Gasteiger partial charge in [-0.05, 0) is 30.5 Å². The lowest BCUT2D eigenvalue weighted by molar-refractivity contribution is 0.0953. The first kappa shape index (κ1) is 15.2. The number of hydrogen-bond donors (Lipinski definition) is 1. The van der Waals surface area contributed by atoms with Crippen molar-refractivity contribution in [3.8, 4) is 0 Å². The lowest BCUT2D eigenvalue weighted by atomic mass is 10.1. The molecule has 4 heteroatoms. The van der Waals surface area contributed by atoms with Crippen LogP contribution in [0.3, 0.4) is 0 Å². The Bertz CT molecular complexity index is 488. The summed E-state index contributed by atoms with van der Waals surface area (Å²) in [6.07, 6.45) is 5.18. The summed E-state index contributed by atoms with van der Waals surface area (Å²) in [7, 11) is 0. The number of halogens is 1. The molecule has 19 heavy (non-hydrogen) atoms. The zero-order chi connectivity index (χ0) is 12.6. The van der Waals surface area contributed by atoms with Crippen LogP contribution in [-0.4, -0.2) is 17.4 Å². The van der Waals surface area contributed by atoms with Crippen LogP contribution in [-0.2, 0) is 6.42 Å². The Morgan fingerprint density at radius 2 is 1.74 bits per heavy atom. The van der Waals surface area contributed by atoms with Crippen molar-refractivity contribution in [3.05, 3.63) is 66.0 Å². The molecule has 1 aromatic heterocycles. The van der Waals surface area contributed by atoms with Crippen LogP contribution in [0.25, 0.3) is 0 Å². The standard InChI is InChI=1S/C15H16N2O.ClH/c18-15(14-8-11-16-12-9-14)17-10-4-7-13-5-2-1-3-6-13;/h1-3,5-6,8-9,11-12H,4,7,10H2,(H,17,18);1H. The van der Waals surface area contributed by atoms with Crippen molar-refractivity contribution >= 4 is 18.3 Å². The van der Waals surface area contributed by atoms with Crippen LogP contribution in [0.4, 0.5) is 0 Å². The SMILES string of the molecule is Cl.O=C(NCCCc1ccccc1)c1ccncc1. The van der Waals surface area contributed by atoms with Gasteiger partial charge >= 0.3 is 0 Å². The smallest absolute Gasteiger partial charge is 0.251 e. The van der Waals surface area contributed by atoms with Crippen LogP contribution in [0, 0.1) is 0 Å². The number of aryl methyl sites for hydroxylation is 1. The monoisotopic (exact) mass is 276 g/mol. The van der Waals surface area contributed by atoms with Crippen LogP contribution in [0.2, 0.25) is 0 Å². The van der Waals surface area contributed by atoms with Gasteiger partial charge in [0, 0.05) is 24.5 Å². The summed E-state index contributed by atoms with van der Waals surface area (Å²) in [5, 5.41) is 2.90. The van der Waals surface area contributed by atoms with Crippen molar-refractivity contribution in [1.29, 1.82) is 0 Å². The Morgan fingerprint density at radius 3 is 2.42 bits per heavy atom. The first-order valence-electron chi connectivity index (χ1n) is 6.08. The first-order valence-corrected chi connectivity index (χ1v) is 6.08. The van der Waals surface area contributed by atoms with Crippen LogP contribution in [0.5, 0.6) is 0 Å². The number of nitrogens with one attached hydrogen (secondary N) is 1. The molecular weight excluding hydrogens is 260 g/mol. The molecule has 0 atom stereocenters. The number of nitrogens with zero attached hydrogens (tertiary/aromatic N) is 1. The van der Waals surface area contributed by atoms with Gasteiger partial charge in [-0.1, -0.05) is 30.3 Å². The molecule has 1 amide bonds. The number of rotatable bonds is 5. The molecule has 0 aliphatic heterocycles. The summed E-state index contributed by atoms with van der Waals surface area (Å²) in [6.45, 7) is 0.691. The molecule has 0 saturated carbocycles. The molecule has 1 aromatic carbocycles. The van der Waals surface area contributed by atoms with E-state index in [1.54, 1.807) is 24.5 Å². The molecule has 0 bridgehead atoms. The third-order valence-corrected chi connectivity index (χ3v) is 2.71. The minimum atomic E-state index is -0.0366. The average Bonchev–Trinajstić information content (AvgIpc) is 2.45. The van der Waals surface area contributed by atoms with Crippen molar-refractivity contribution < 1.29 is 4.79 Å². The van der Waals surface area contributed by atoms with E-state index in [1.807, 2.05) is 18.2 Å². The van der Waals surface area contributed by atoms with Crippen molar-refractivity contribution in [2.45, 2.75) is 12.8 Å². The summed E-state index contributed by atoms with van der Waals surface area (Å²) in [5.41, 5.74) is 1.96. The molecular formula is C15H17ClN2O. The molecule has 2 aromatic rings. The van der Waals surface area contributed by atoms with Crippen molar-refractivity contribution in [2.75, 3.05) is 6.54 Å². The number of pyridine rings is 1. The fourth-order valence-electron chi connectivity index (χ4n) is 1.74. The lowest BCUT2D eigenvalue weighted by Gasteiger charge is -2.05. The summed E-state index contributed by atoms with van der Waals surface area (Å²) in [5.74, 6) is -0.0366. The molecule has 0 saturated heterocycles. The summed E-state index contributed by atoms with van der Waals surface area (Å²) in [4.78, 5) is 15.6. The lowest BCUT2D eigenvalue weighted by Crippen LogP contribution is -2.24.